The van der Waals surface area contributed by atoms with E-state index in [1.54, 1.807) is 29.5 Å². The Morgan fingerprint density at radius 3 is 2.30 bits per heavy atom. The first kappa shape index (κ1) is 30.4. The van der Waals surface area contributed by atoms with E-state index in [9.17, 15) is 0 Å². The van der Waals surface area contributed by atoms with Gasteiger partial charge in [-0.25, -0.2) is 0 Å². The van der Waals surface area contributed by atoms with Crippen LogP contribution in [0.1, 0.15) is 79.2 Å². The first-order valence-electron chi connectivity index (χ1n) is 17.5. The average Bonchev–Trinajstić information content (AvgIpc) is 3.69. The van der Waals surface area contributed by atoms with Crippen LogP contribution in [0.5, 0.6) is 0 Å². The van der Waals surface area contributed by atoms with Crippen LogP contribution in [0.3, 0.4) is 0 Å². The van der Waals surface area contributed by atoms with E-state index in [-0.39, 0.29) is 25.7 Å². The first-order valence-corrected chi connectivity index (χ1v) is 16.9. The molecule has 0 aliphatic rings. The first-order chi connectivity index (χ1) is 23.6. The van der Waals surface area contributed by atoms with Gasteiger partial charge in [-0.2, -0.15) is 0 Å². The number of hydrogen-bond acceptors (Lipinski definition) is 3. The zero-order valence-electron chi connectivity index (χ0n) is 30.5. The number of thiophene rings is 1. The van der Waals surface area contributed by atoms with E-state index in [1.165, 1.54) is 38.7 Å². The third-order valence-electron chi connectivity index (χ3n) is 8.21. The zero-order valence-corrected chi connectivity index (χ0v) is 30.7. The Kier molecular flexibility index (Phi) is 9.94. The molecule has 47 heavy (non-hydrogen) atoms. The summed E-state index contributed by atoms with van der Waals surface area (Å²) >= 11 is 1.69. The van der Waals surface area contributed by atoms with Crippen LogP contribution in [0.25, 0.3) is 49.5 Å². The second-order valence-electron chi connectivity index (χ2n) is 12.2. The van der Waals surface area contributed by atoms with Gasteiger partial charge < -0.3 is 9.55 Å². The van der Waals surface area contributed by atoms with Gasteiger partial charge in [0.25, 0.3) is 0 Å². The van der Waals surface area contributed by atoms with Gasteiger partial charge in [0.05, 0.1) is 16.9 Å². The Morgan fingerprint density at radius 2 is 1.64 bits per heavy atom. The maximum Gasteiger partial charge on any atom is 0.0774 e. The van der Waals surface area contributed by atoms with Crippen LogP contribution in [-0.2, 0) is 26.5 Å². The van der Waals surface area contributed by atoms with E-state index >= 15 is 0 Å². The molecule has 0 saturated heterocycles. The number of nitrogens with zero attached hydrogens (tertiary/aromatic N) is 3. The molecule has 0 aliphatic heterocycles. The SMILES string of the molecule is CCCc1ccc2s[c-]c(-c3nc4ccccc4n3-c3c(C(C)C)cccc3C(C)C)c2c1.[2H]C([2H])([2H])c1ccc(-c2[c-]cccc2)nc1.[Ir]. The smallest absolute Gasteiger partial charge is 0.0774 e. The van der Waals surface area contributed by atoms with Crippen molar-refractivity contribution in [3.8, 4) is 28.3 Å². The van der Waals surface area contributed by atoms with Crippen molar-refractivity contribution in [2.45, 2.75) is 66.1 Å². The van der Waals surface area contributed by atoms with E-state index in [1.807, 2.05) is 18.2 Å². The predicted molar refractivity (Wildman–Crippen MR) is 196 cm³/mol. The number of aryl methyl sites for hydroxylation is 2. The molecular formula is C42H41IrN3S-2. The predicted octanol–water partition coefficient (Wildman–Crippen LogP) is 11.8. The van der Waals surface area contributed by atoms with E-state index < -0.39 is 6.85 Å². The molecular weight excluding hydrogens is 771 g/mol. The van der Waals surface area contributed by atoms with Crippen LogP contribution in [0, 0.1) is 18.3 Å². The molecule has 3 nitrogen and oxygen atoms in total. The molecule has 0 saturated carbocycles. The summed E-state index contributed by atoms with van der Waals surface area (Å²) in [5, 5.41) is 4.89. The fraction of sp³-hybridized carbons (Fsp3) is 0.238. The van der Waals surface area contributed by atoms with Crippen molar-refractivity contribution in [3.63, 3.8) is 0 Å². The Morgan fingerprint density at radius 1 is 0.872 bits per heavy atom. The summed E-state index contributed by atoms with van der Waals surface area (Å²) < 4.78 is 25.4. The summed E-state index contributed by atoms with van der Waals surface area (Å²) in [7, 11) is 0. The minimum Gasteiger partial charge on any atom is -0.333 e. The van der Waals surface area contributed by atoms with Gasteiger partial charge >= 0.3 is 0 Å². The van der Waals surface area contributed by atoms with Gasteiger partial charge in [-0.3, -0.25) is 16.3 Å². The molecule has 0 spiro atoms. The van der Waals surface area contributed by atoms with Crippen molar-refractivity contribution in [1.82, 2.24) is 14.5 Å². The Bertz CT molecular complexity index is 2160. The molecule has 7 aromatic rings. The molecule has 4 aromatic carbocycles. The van der Waals surface area contributed by atoms with Gasteiger partial charge in [0, 0.05) is 36.1 Å². The molecule has 5 heteroatoms. The number of para-hydroxylation sites is 3. The standard InChI is InChI=1S/C30H31N2S.C12H10N.Ir/c1-6-10-21-15-16-28-24(17-21)25(18-33-28)30-31-26-13-7-8-14-27(26)32(30)29-22(19(2)3)11-9-12-23(29)20(4)5;1-10-7-8-12(13-9-10)11-5-3-2-4-6-11;/h7-9,11-17,19-20H,6,10H2,1-5H3;2-5,7-9H,1H3;/q2*-1;/i;1D3;. The second-order valence-corrected chi connectivity index (χ2v) is 13.1. The van der Waals surface area contributed by atoms with Crippen LogP contribution in [0.2, 0.25) is 0 Å². The average molecular weight is 815 g/mol. The van der Waals surface area contributed by atoms with Crippen molar-refractivity contribution in [1.29, 1.82) is 0 Å². The molecule has 0 bridgehead atoms. The number of hydrogen-bond donors (Lipinski definition) is 0. The second kappa shape index (κ2) is 15.3. The fourth-order valence-electron chi connectivity index (χ4n) is 5.93. The number of imidazole rings is 1. The zero-order chi connectivity index (χ0) is 34.7. The molecule has 0 atom stereocenters. The van der Waals surface area contributed by atoms with E-state index in [2.05, 4.69) is 116 Å². The van der Waals surface area contributed by atoms with E-state index in [4.69, 9.17) is 9.10 Å². The molecule has 0 N–H and O–H groups in total. The molecule has 0 unspecified atom stereocenters. The molecule has 1 radical (unpaired) electrons. The van der Waals surface area contributed by atoms with Gasteiger partial charge in [0.15, 0.2) is 0 Å². The molecule has 7 rings (SSSR count). The van der Waals surface area contributed by atoms with E-state index in [0.29, 0.717) is 11.8 Å². The van der Waals surface area contributed by atoms with Crippen molar-refractivity contribution in [2.24, 2.45) is 0 Å². The fourth-order valence-corrected chi connectivity index (χ4v) is 6.75. The topological polar surface area (TPSA) is 30.7 Å². The molecule has 0 fully saturated rings. The summed E-state index contributed by atoms with van der Waals surface area (Å²) in [5.74, 6) is 1.81. The van der Waals surface area contributed by atoms with Gasteiger partial charge in [0.1, 0.15) is 0 Å². The summed E-state index contributed by atoms with van der Waals surface area (Å²) in [6.45, 7) is 9.28. The Balaban J connectivity index is 0.000000241. The maximum absolute atomic E-state index is 7.23. The summed E-state index contributed by atoms with van der Waals surface area (Å²) in [6, 6.07) is 35.9. The number of benzene rings is 4. The minimum atomic E-state index is -2.09. The molecule has 0 amide bonds. The third-order valence-corrected chi connectivity index (χ3v) is 9.10. The number of pyridine rings is 1. The van der Waals surface area contributed by atoms with Crippen LogP contribution in [0.4, 0.5) is 0 Å². The largest absolute Gasteiger partial charge is 0.333 e. The van der Waals surface area contributed by atoms with Gasteiger partial charge in [-0.1, -0.05) is 117 Å². The summed E-state index contributed by atoms with van der Waals surface area (Å²) in [5.41, 5.74) is 10.5. The van der Waals surface area contributed by atoms with Crippen LogP contribution >= 0.6 is 11.3 Å². The summed E-state index contributed by atoms with van der Waals surface area (Å²) in [4.78, 5) is 9.32. The Hall–Kier alpha value is -3.89. The van der Waals surface area contributed by atoms with Crippen molar-refractivity contribution < 1.29 is 24.2 Å². The number of aromatic nitrogens is 3. The minimum absolute atomic E-state index is 0. The van der Waals surface area contributed by atoms with Crippen LogP contribution < -0.4 is 0 Å². The van der Waals surface area contributed by atoms with Gasteiger partial charge in [-0.05, 0) is 59.6 Å². The van der Waals surface area contributed by atoms with Crippen LogP contribution in [-0.4, -0.2) is 14.5 Å². The Labute approximate surface area is 301 Å². The van der Waals surface area contributed by atoms with Crippen molar-refractivity contribution >= 4 is 32.5 Å². The van der Waals surface area contributed by atoms with Crippen molar-refractivity contribution in [3.05, 3.63) is 137 Å². The van der Waals surface area contributed by atoms with Gasteiger partial charge in [-0.15, -0.1) is 47.3 Å². The number of rotatable bonds is 7. The van der Waals surface area contributed by atoms with Crippen LogP contribution in [0.15, 0.2) is 103 Å². The van der Waals surface area contributed by atoms with Crippen molar-refractivity contribution in [2.75, 3.05) is 0 Å². The van der Waals surface area contributed by atoms with E-state index in [0.717, 1.165) is 46.5 Å². The number of fused-ring (bicyclic) bond motifs is 2. The maximum atomic E-state index is 7.23. The van der Waals surface area contributed by atoms with Gasteiger partial charge in [0.2, 0.25) is 0 Å². The molecule has 3 aromatic heterocycles. The normalized spacial score (nSPS) is 12.4. The molecule has 241 valence electrons. The monoisotopic (exact) mass is 815 g/mol. The molecule has 3 heterocycles. The quantitative estimate of drug-likeness (QED) is 0.150. The third kappa shape index (κ3) is 7.33. The summed E-state index contributed by atoms with van der Waals surface area (Å²) in [6.07, 6.45) is 3.63. The molecule has 0 aliphatic carbocycles.